The van der Waals surface area contributed by atoms with Crippen LogP contribution in [0, 0.1) is 27.3 Å². The summed E-state index contributed by atoms with van der Waals surface area (Å²) in [6.07, 6.45) is 2.68. The van der Waals surface area contributed by atoms with Gasteiger partial charge in [-0.25, -0.2) is 4.39 Å². The smallest absolute Gasteiger partial charge is 0.263 e. The Labute approximate surface area is 101 Å². The molecule has 18 heavy (non-hydrogen) atoms. The molecule has 0 unspecified atom stereocenters. The van der Waals surface area contributed by atoms with Gasteiger partial charge in [0.05, 0.1) is 10.5 Å². The van der Waals surface area contributed by atoms with Gasteiger partial charge in [0.2, 0.25) is 0 Å². The van der Waals surface area contributed by atoms with E-state index < -0.39 is 10.7 Å². The zero-order chi connectivity index (χ0) is 13.1. The average Bonchev–Trinajstić information content (AvgIpc) is 2.39. The van der Waals surface area contributed by atoms with Crippen LogP contribution in [-0.2, 0) is 0 Å². The molecule has 1 aromatic carbocycles. The number of nitriles is 1. The maximum atomic E-state index is 13.7. The number of hydrogen-bond donors (Lipinski definition) is 0. The first-order chi connectivity index (χ1) is 8.63. The molecule has 1 heterocycles. The molecule has 0 saturated carbocycles. The summed E-state index contributed by atoms with van der Waals surface area (Å²) in [5, 5.41) is 19.6. The molecule has 5 nitrogen and oxygen atoms in total. The predicted octanol–water partition coefficient (Wildman–Crippen LogP) is 2.67. The maximum Gasteiger partial charge on any atom is 0.270 e. The number of rotatable bonds is 2. The van der Waals surface area contributed by atoms with Crippen LogP contribution in [-0.4, -0.2) is 9.91 Å². The van der Waals surface area contributed by atoms with Crippen molar-refractivity contribution in [2.24, 2.45) is 0 Å². The predicted molar refractivity (Wildman–Crippen MR) is 61.0 cm³/mol. The molecular weight excluding hydrogens is 237 g/mol. The van der Waals surface area contributed by atoms with Crippen LogP contribution in [0.5, 0.6) is 0 Å². The number of hydrogen-bond acceptors (Lipinski definition) is 4. The maximum absolute atomic E-state index is 13.7. The van der Waals surface area contributed by atoms with Gasteiger partial charge in [0.25, 0.3) is 5.69 Å². The van der Waals surface area contributed by atoms with Crippen LogP contribution >= 0.6 is 0 Å². The van der Waals surface area contributed by atoms with Gasteiger partial charge in [0.15, 0.2) is 0 Å². The summed E-state index contributed by atoms with van der Waals surface area (Å²) in [7, 11) is 0. The van der Waals surface area contributed by atoms with E-state index in [1.165, 1.54) is 18.5 Å². The molecule has 88 valence electrons. The van der Waals surface area contributed by atoms with Gasteiger partial charge in [-0.15, -0.1) is 0 Å². The van der Waals surface area contributed by atoms with E-state index in [0.29, 0.717) is 0 Å². The van der Waals surface area contributed by atoms with Gasteiger partial charge in [-0.05, 0) is 12.1 Å². The Bertz CT molecular complexity index is 665. The summed E-state index contributed by atoms with van der Waals surface area (Å²) in [6, 6.07) is 6.50. The molecule has 0 aliphatic carbocycles. The normalized spacial score (nSPS) is 9.78. The topological polar surface area (TPSA) is 79.8 Å². The molecule has 0 atom stereocenters. The van der Waals surface area contributed by atoms with Crippen molar-refractivity contribution in [3.8, 4) is 17.2 Å². The Morgan fingerprint density at radius 2 is 2.11 bits per heavy atom. The van der Waals surface area contributed by atoms with Crippen LogP contribution < -0.4 is 0 Å². The lowest BCUT2D eigenvalue weighted by Gasteiger charge is -2.04. The molecule has 0 fully saturated rings. The highest BCUT2D eigenvalue weighted by molar-refractivity contribution is 5.72. The highest BCUT2D eigenvalue weighted by Gasteiger charge is 2.14. The van der Waals surface area contributed by atoms with Crippen LogP contribution in [0.15, 0.2) is 36.7 Å². The molecule has 0 radical (unpaired) electrons. The number of halogens is 1. The molecular formula is C12H6FN3O2. The Balaban J connectivity index is 2.67. The van der Waals surface area contributed by atoms with Crippen LogP contribution in [0.4, 0.5) is 10.1 Å². The van der Waals surface area contributed by atoms with Gasteiger partial charge in [0.1, 0.15) is 11.9 Å². The van der Waals surface area contributed by atoms with E-state index in [0.717, 1.165) is 18.2 Å². The minimum atomic E-state index is -0.622. The van der Waals surface area contributed by atoms with Gasteiger partial charge < -0.3 is 0 Å². The average molecular weight is 243 g/mol. The SMILES string of the molecule is N#Cc1cnccc1-c1cc([N+](=O)[O-])ccc1F. The molecule has 0 saturated heterocycles. The number of pyridine rings is 1. The quantitative estimate of drug-likeness (QED) is 0.599. The highest BCUT2D eigenvalue weighted by Crippen LogP contribution is 2.28. The second-order valence-electron chi connectivity index (χ2n) is 3.45. The summed E-state index contributed by atoms with van der Waals surface area (Å²) >= 11 is 0. The van der Waals surface area contributed by atoms with Crippen LogP contribution in [0.25, 0.3) is 11.1 Å². The molecule has 0 N–H and O–H groups in total. The third-order valence-corrected chi connectivity index (χ3v) is 2.39. The van der Waals surface area contributed by atoms with E-state index in [1.807, 2.05) is 6.07 Å². The highest BCUT2D eigenvalue weighted by atomic mass is 19.1. The van der Waals surface area contributed by atoms with Gasteiger partial charge in [0, 0.05) is 35.7 Å². The van der Waals surface area contributed by atoms with E-state index in [1.54, 1.807) is 0 Å². The molecule has 0 bridgehead atoms. The number of non-ortho nitro benzene ring substituents is 1. The van der Waals surface area contributed by atoms with Crippen LogP contribution in [0.2, 0.25) is 0 Å². The van der Waals surface area contributed by atoms with Gasteiger partial charge in [-0.2, -0.15) is 5.26 Å². The van der Waals surface area contributed by atoms with Crippen molar-refractivity contribution in [3.63, 3.8) is 0 Å². The molecule has 6 heteroatoms. The van der Waals surface area contributed by atoms with Crippen molar-refractivity contribution >= 4 is 5.69 Å². The number of nitro groups is 1. The lowest BCUT2D eigenvalue weighted by molar-refractivity contribution is -0.384. The van der Waals surface area contributed by atoms with Crippen LogP contribution in [0.3, 0.4) is 0 Å². The third kappa shape index (κ3) is 2.01. The number of nitrogens with zero attached hydrogens (tertiary/aromatic N) is 3. The fraction of sp³-hybridized carbons (Fsp3) is 0. The first-order valence-electron chi connectivity index (χ1n) is 4.92. The second-order valence-corrected chi connectivity index (χ2v) is 3.45. The van der Waals surface area contributed by atoms with Gasteiger partial charge in [-0.3, -0.25) is 15.1 Å². The monoisotopic (exact) mass is 243 g/mol. The minimum Gasteiger partial charge on any atom is -0.263 e. The fourth-order valence-corrected chi connectivity index (χ4v) is 1.55. The molecule has 0 amide bonds. The molecule has 0 spiro atoms. The summed E-state index contributed by atoms with van der Waals surface area (Å²) < 4.78 is 13.7. The molecule has 2 rings (SSSR count). The standard InChI is InChI=1S/C12H6FN3O2/c13-12-2-1-9(16(17)18)5-11(12)10-3-4-15-7-8(10)6-14/h1-5,7H. The Kier molecular flexibility index (Phi) is 2.98. The zero-order valence-electron chi connectivity index (χ0n) is 9.00. The Morgan fingerprint density at radius 3 is 2.78 bits per heavy atom. The summed E-state index contributed by atoms with van der Waals surface area (Å²) in [4.78, 5) is 13.8. The molecule has 1 aromatic heterocycles. The van der Waals surface area contributed by atoms with Gasteiger partial charge in [-0.1, -0.05) is 0 Å². The molecule has 0 aliphatic heterocycles. The zero-order valence-corrected chi connectivity index (χ0v) is 9.00. The van der Waals surface area contributed by atoms with Crippen molar-refractivity contribution in [2.75, 3.05) is 0 Å². The summed E-state index contributed by atoms with van der Waals surface area (Å²) in [6.45, 7) is 0. The summed E-state index contributed by atoms with van der Waals surface area (Å²) in [5.41, 5.74) is 0.237. The van der Waals surface area contributed by atoms with E-state index in [-0.39, 0.29) is 22.4 Å². The van der Waals surface area contributed by atoms with Gasteiger partial charge >= 0.3 is 0 Å². The third-order valence-electron chi connectivity index (χ3n) is 2.39. The van der Waals surface area contributed by atoms with Crippen molar-refractivity contribution in [1.82, 2.24) is 4.98 Å². The number of nitro benzene ring substituents is 1. The first-order valence-corrected chi connectivity index (χ1v) is 4.92. The second kappa shape index (κ2) is 4.59. The molecule has 0 aliphatic rings. The van der Waals surface area contributed by atoms with Crippen molar-refractivity contribution in [2.45, 2.75) is 0 Å². The largest absolute Gasteiger partial charge is 0.270 e. The Hall–Kier alpha value is -2.81. The van der Waals surface area contributed by atoms with Crippen LogP contribution in [0.1, 0.15) is 5.56 Å². The van der Waals surface area contributed by atoms with Crippen molar-refractivity contribution < 1.29 is 9.31 Å². The van der Waals surface area contributed by atoms with E-state index in [2.05, 4.69) is 4.98 Å². The van der Waals surface area contributed by atoms with E-state index >= 15 is 0 Å². The first kappa shape index (κ1) is 11.7. The summed E-state index contributed by atoms with van der Waals surface area (Å²) in [5.74, 6) is -0.622. The Morgan fingerprint density at radius 1 is 1.33 bits per heavy atom. The molecule has 2 aromatic rings. The van der Waals surface area contributed by atoms with E-state index in [4.69, 9.17) is 5.26 Å². The lowest BCUT2D eigenvalue weighted by atomic mass is 10.0. The number of aromatic nitrogens is 1. The fourth-order valence-electron chi connectivity index (χ4n) is 1.55. The van der Waals surface area contributed by atoms with Crippen molar-refractivity contribution in [3.05, 3.63) is 58.2 Å². The number of benzene rings is 1. The lowest BCUT2D eigenvalue weighted by Crippen LogP contribution is -1.93. The van der Waals surface area contributed by atoms with Crippen molar-refractivity contribution in [1.29, 1.82) is 5.26 Å². The van der Waals surface area contributed by atoms with E-state index in [9.17, 15) is 14.5 Å². The minimum absolute atomic E-state index is 0.0168.